The zero-order valence-electron chi connectivity index (χ0n) is 23.0. The summed E-state index contributed by atoms with van der Waals surface area (Å²) in [4.78, 5) is 28.1. The average molecular weight is 525 g/mol. The standard InChI is InChI=1S/C27H40N6O3Si/c1-27(2,3)36-26(34)31-20-8-7-13-32(16-20)23-10-12-29-25-24(23)21(22-9-11-28-18-30-22)17-33(25)19-35-14-15-37(4,5)6/h9-12,17-18,20H,7-8,13-16,19H2,1-6H3,(H,31,34)/t20-/m0/s1. The molecule has 1 aliphatic heterocycles. The number of pyridine rings is 1. The van der Waals surface area contributed by atoms with Crippen molar-refractivity contribution < 1.29 is 14.3 Å². The molecule has 1 saturated heterocycles. The second-order valence-electron chi connectivity index (χ2n) is 11.9. The average Bonchev–Trinajstić information content (AvgIpc) is 3.19. The van der Waals surface area contributed by atoms with Crippen molar-refractivity contribution in [3.63, 3.8) is 0 Å². The first-order valence-corrected chi connectivity index (χ1v) is 16.8. The zero-order chi connectivity index (χ0) is 26.6. The number of hydrogen-bond acceptors (Lipinski definition) is 7. The first kappa shape index (κ1) is 27.1. The number of carbonyl (C=O) groups excluding carboxylic acids is 1. The molecule has 1 N–H and O–H groups in total. The van der Waals surface area contributed by atoms with Gasteiger partial charge in [-0.25, -0.2) is 19.7 Å². The number of carbonyl (C=O) groups is 1. The highest BCUT2D eigenvalue weighted by atomic mass is 28.3. The normalized spacial score (nSPS) is 16.7. The maximum atomic E-state index is 12.4. The second kappa shape index (κ2) is 11.2. The Labute approximate surface area is 220 Å². The first-order valence-electron chi connectivity index (χ1n) is 13.1. The van der Waals surface area contributed by atoms with Crippen LogP contribution in [0.25, 0.3) is 22.3 Å². The van der Waals surface area contributed by atoms with Gasteiger partial charge in [-0.15, -0.1) is 0 Å². The van der Waals surface area contributed by atoms with E-state index in [1.54, 1.807) is 12.5 Å². The van der Waals surface area contributed by atoms with Crippen LogP contribution in [0.2, 0.25) is 25.7 Å². The summed E-state index contributed by atoms with van der Waals surface area (Å²) in [7, 11) is -1.17. The number of nitrogens with zero attached hydrogens (tertiary/aromatic N) is 5. The molecule has 0 radical (unpaired) electrons. The Morgan fingerprint density at radius 1 is 1.19 bits per heavy atom. The number of aromatic nitrogens is 4. The number of hydrogen-bond donors (Lipinski definition) is 1. The highest BCUT2D eigenvalue weighted by Gasteiger charge is 2.27. The van der Waals surface area contributed by atoms with E-state index < -0.39 is 13.7 Å². The predicted octanol–water partition coefficient (Wildman–Crippen LogP) is 5.30. The Morgan fingerprint density at radius 3 is 2.70 bits per heavy atom. The summed E-state index contributed by atoms with van der Waals surface area (Å²) in [5.41, 5.74) is 3.26. The van der Waals surface area contributed by atoms with Gasteiger partial charge in [0.15, 0.2) is 0 Å². The van der Waals surface area contributed by atoms with Crippen LogP contribution >= 0.6 is 0 Å². The van der Waals surface area contributed by atoms with Gasteiger partial charge in [0.1, 0.15) is 24.3 Å². The van der Waals surface area contributed by atoms with E-state index in [4.69, 9.17) is 14.5 Å². The van der Waals surface area contributed by atoms with E-state index in [9.17, 15) is 4.79 Å². The van der Waals surface area contributed by atoms with Crippen LogP contribution in [-0.4, -0.2) is 65.0 Å². The summed E-state index contributed by atoms with van der Waals surface area (Å²) < 4.78 is 13.7. The molecule has 3 aromatic heterocycles. The van der Waals surface area contributed by atoms with Crippen LogP contribution in [0.4, 0.5) is 10.5 Å². The van der Waals surface area contributed by atoms with Crippen LogP contribution in [0.5, 0.6) is 0 Å². The molecule has 0 saturated carbocycles. The van der Waals surface area contributed by atoms with E-state index in [1.165, 1.54) is 0 Å². The molecule has 0 bridgehead atoms. The smallest absolute Gasteiger partial charge is 0.407 e. The van der Waals surface area contributed by atoms with Crippen molar-refractivity contribution in [1.82, 2.24) is 24.8 Å². The van der Waals surface area contributed by atoms with Crippen molar-refractivity contribution in [1.29, 1.82) is 0 Å². The monoisotopic (exact) mass is 524 g/mol. The number of rotatable bonds is 8. The van der Waals surface area contributed by atoms with Gasteiger partial charge in [0.2, 0.25) is 0 Å². The van der Waals surface area contributed by atoms with Gasteiger partial charge in [-0.1, -0.05) is 19.6 Å². The van der Waals surface area contributed by atoms with E-state index in [0.29, 0.717) is 13.3 Å². The van der Waals surface area contributed by atoms with Gasteiger partial charge in [-0.05, 0) is 51.8 Å². The molecule has 0 spiro atoms. The lowest BCUT2D eigenvalue weighted by Crippen LogP contribution is -2.49. The van der Waals surface area contributed by atoms with E-state index in [0.717, 1.165) is 60.0 Å². The van der Waals surface area contributed by atoms with Gasteiger partial charge >= 0.3 is 6.09 Å². The number of ether oxygens (including phenoxy) is 2. The second-order valence-corrected chi connectivity index (χ2v) is 17.5. The topological polar surface area (TPSA) is 94.4 Å². The Bertz CT molecular complexity index is 1200. The van der Waals surface area contributed by atoms with Crippen molar-refractivity contribution in [2.75, 3.05) is 24.6 Å². The third kappa shape index (κ3) is 7.29. The fourth-order valence-electron chi connectivity index (χ4n) is 4.53. The molecule has 0 aromatic carbocycles. The van der Waals surface area contributed by atoms with Crippen LogP contribution < -0.4 is 10.2 Å². The third-order valence-electron chi connectivity index (χ3n) is 6.30. The summed E-state index contributed by atoms with van der Waals surface area (Å²) in [5, 5.41) is 4.10. The van der Waals surface area contributed by atoms with Crippen molar-refractivity contribution >= 4 is 30.9 Å². The molecule has 4 heterocycles. The molecule has 37 heavy (non-hydrogen) atoms. The van der Waals surface area contributed by atoms with Gasteiger partial charge in [-0.2, -0.15) is 0 Å². The molecule has 0 aliphatic carbocycles. The Hall–Kier alpha value is -2.98. The molecule has 9 nitrogen and oxygen atoms in total. The number of alkyl carbamates (subject to hydrolysis) is 1. The molecular weight excluding hydrogens is 484 g/mol. The molecule has 1 aliphatic rings. The summed E-state index contributed by atoms with van der Waals surface area (Å²) in [6.07, 6.45) is 8.77. The quantitative estimate of drug-likeness (QED) is 0.316. The zero-order valence-corrected chi connectivity index (χ0v) is 24.0. The van der Waals surface area contributed by atoms with Gasteiger partial charge in [-0.3, -0.25) is 0 Å². The summed E-state index contributed by atoms with van der Waals surface area (Å²) >= 11 is 0. The predicted molar refractivity (Wildman–Crippen MR) is 149 cm³/mol. The minimum atomic E-state index is -1.17. The molecule has 10 heteroatoms. The Kier molecular flexibility index (Phi) is 8.18. The fraction of sp³-hybridized carbons (Fsp3) is 0.556. The van der Waals surface area contributed by atoms with Crippen LogP contribution in [0.3, 0.4) is 0 Å². The summed E-state index contributed by atoms with van der Waals surface area (Å²) in [5.74, 6) is 0. The molecule has 0 unspecified atom stereocenters. The van der Waals surface area contributed by atoms with Crippen LogP contribution in [0, 0.1) is 0 Å². The summed E-state index contributed by atoms with van der Waals surface area (Å²) in [6.45, 7) is 15.5. The number of piperidine rings is 1. The fourth-order valence-corrected chi connectivity index (χ4v) is 5.29. The van der Waals surface area contributed by atoms with E-state index in [1.807, 2.05) is 33.0 Å². The number of amides is 1. The van der Waals surface area contributed by atoms with Gasteiger partial charge in [0.05, 0.1) is 16.8 Å². The van der Waals surface area contributed by atoms with Crippen LogP contribution in [0.1, 0.15) is 33.6 Å². The minimum Gasteiger partial charge on any atom is -0.444 e. The molecule has 4 rings (SSSR count). The third-order valence-corrected chi connectivity index (χ3v) is 8.01. The van der Waals surface area contributed by atoms with Gasteiger partial charge in [0.25, 0.3) is 0 Å². The Balaban J connectivity index is 1.62. The van der Waals surface area contributed by atoms with Crippen LogP contribution in [0.15, 0.2) is 37.1 Å². The van der Waals surface area contributed by atoms with E-state index >= 15 is 0 Å². The molecule has 1 amide bonds. The SMILES string of the molecule is CC(C)(C)OC(=O)N[C@H]1CCCN(c2ccnc3c2c(-c2ccncn2)cn3COCC[Si](C)(C)C)C1. The van der Waals surface area contributed by atoms with Crippen LogP contribution in [-0.2, 0) is 16.2 Å². The maximum Gasteiger partial charge on any atom is 0.407 e. The molecule has 3 aromatic rings. The summed E-state index contributed by atoms with van der Waals surface area (Å²) in [6, 6.07) is 5.09. The molecule has 1 fully saturated rings. The maximum absolute atomic E-state index is 12.4. The van der Waals surface area contributed by atoms with Crippen molar-refractivity contribution in [2.45, 2.75) is 77.7 Å². The number of anilines is 1. The van der Waals surface area contributed by atoms with Crippen molar-refractivity contribution in [3.05, 3.63) is 37.1 Å². The largest absolute Gasteiger partial charge is 0.444 e. The van der Waals surface area contributed by atoms with Gasteiger partial charge < -0.3 is 24.3 Å². The lowest BCUT2D eigenvalue weighted by molar-refractivity contribution is 0.0500. The molecule has 200 valence electrons. The van der Waals surface area contributed by atoms with Crippen molar-refractivity contribution in [2.24, 2.45) is 0 Å². The Morgan fingerprint density at radius 2 is 2.00 bits per heavy atom. The first-order chi connectivity index (χ1) is 17.5. The lowest BCUT2D eigenvalue weighted by atomic mass is 10.0. The molecule has 1 atom stereocenters. The number of fused-ring (bicyclic) bond motifs is 1. The molecular formula is C27H40N6O3Si. The number of nitrogens with one attached hydrogen (secondary N) is 1. The van der Waals surface area contributed by atoms with Gasteiger partial charge in [0, 0.05) is 58.0 Å². The highest BCUT2D eigenvalue weighted by Crippen LogP contribution is 2.36. The van der Waals surface area contributed by atoms with E-state index in [-0.39, 0.29) is 12.1 Å². The lowest BCUT2D eigenvalue weighted by Gasteiger charge is -2.35. The van der Waals surface area contributed by atoms with E-state index in [2.05, 4.69) is 56.7 Å². The van der Waals surface area contributed by atoms with Crippen molar-refractivity contribution in [3.8, 4) is 11.3 Å². The highest BCUT2D eigenvalue weighted by molar-refractivity contribution is 6.76. The minimum absolute atomic E-state index is 0.00120.